The number of guanidine groups is 1. The minimum atomic E-state index is 0.0339. The Morgan fingerprint density at radius 3 is 2.77 bits per heavy atom. The molecule has 1 amide bonds. The fourth-order valence-corrected chi connectivity index (χ4v) is 3.77. The number of piperazine rings is 1. The van der Waals surface area contributed by atoms with Gasteiger partial charge >= 0.3 is 0 Å². The maximum Gasteiger partial charge on any atom is 0.246 e. The summed E-state index contributed by atoms with van der Waals surface area (Å²) in [5.41, 5.74) is 2.13. The summed E-state index contributed by atoms with van der Waals surface area (Å²) in [6, 6.07) is 10.4. The van der Waals surface area contributed by atoms with E-state index in [9.17, 15) is 4.79 Å². The van der Waals surface area contributed by atoms with E-state index in [1.165, 1.54) is 5.56 Å². The summed E-state index contributed by atoms with van der Waals surface area (Å²) in [4.78, 5) is 25.3. The van der Waals surface area contributed by atoms with E-state index < -0.39 is 0 Å². The molecule has 0 radical (unpaired) electrons. The predicted molar refractivity (Wildman–Crippen MR) is 120 cm³/mol. The molecule has 4 rings (SSSR count). The van der Waals surface area contributed by atoms with Gasteiger partial charge in [0.15, 0.2) is 5.96 Å². The van der Waals surface area contributed by atoms with Crippen LogP contribution in [0.15, 0.2) is 60.1 Å². The number of nitrogens with one attached hydrogen (secondary N) is 1. The van der Waals surface area contributed by atoms with Crippen LogP contribution in [0.2, 0.25) is 0 Å². The largest absolute Gasteiger partial charge is 0.349 e. The molecule has 1 aromatic carbocycles. The van der Waals surface area contributed by atoms with Crippen LogP contribution in [-0.2, 0) is 31.4 Å². The van der Waals surface area contributed by atoms with Crippen molar-refractivity contribution in [1.82, 2.24) is 29.5 Å². The number of benzene rings is 1. The molecule has 9 nitrogen and oxygen atoms in total. The van der Waals surface area contributed by atoms with Crippen LogP contribution in [0.4, 0.5) is 5.69 Å². The molecule has 0 spiro atoms. The number of aromatic nitrogens is 4. The van der Waals surface area contributed by atoms with Gasteiger partial charge in [0.2, 0.25) is 5.91 Å². The molecule has 2 aromatic heterocycles. The molecule has 3 heterocycles. The molecule has 1 aliphatic rings. The highest BCUT2D eigenvalue weighted by Crippen LogP contribution is 2.16. The molecule has 1 N–H and O–H groups in total. The molecule has 0 bridgehead atoms. The van der Waals surface area contributed by atoms with Gasteiger partial charge in [0.05, 0.1) is 18.4 Å². The van der Waals surface area contributed by atoms with Crippen LogP contribution in [0.25, 0.3) is 0 Å². The van der Waals surface area contributed by atoms with Crippen molar-refractivity contribution in [2.75, 3.05) is 31.6 Å². The topological polar surface area (TPSA) is 83.6 Å². The van der Waals surface area contributed by atoms with E-state index in [2.05, 4.69) is 49.2 Å². The third-order valence-corrected chi connectivity index (χ3v) is 5.43. The zero-order chi connectivity index (χ0) is 21.6. The Hall–Kier alpha value is -3.62. The third kappa shape index (κ3) is 4.93. The van der Waals surface area contributed by atoms with Crippen LogP contribution < -0.4 is 10.2 Å². The number of rotatable bonds is 6. The van der Waals surface area contributed by atoms with Gasteiger partial charge in [0, 0.05) is 52.3 Å². The Morgan fingerprint density at radius 2 is 2.06 bits per heavy atom. The third-order valence-electron chi connectivity index (χ3n) is 5.43. The summed E-state index contributed by atoms with van der Waals surface area (Å²) < 4.78 is 3.86. The summed E-state index contributed by atoms with van der Waals surface area (Å²) in [5.74, 6) is 1.68. The SMILES string of the molecule is CN=C(NCc1nccn1CCc1ccccc1)N1CCN(c2cnn(C)c2)C(=O)C1. The lowest BCUT2D eigenvalue weighted by Crippen LogP contribution is -2.55. The van der Waals surface area contributed by atoms with Gasteiger partial charge in [0.25, 0.3) is 0 Å². The van der Waals surface area contributed by atoms with E-state index in [4.69, 9.17) is 0 Å². The Bertz CT molecular complexity index is 1040. The first-order valence-electron chi connectivity index (χ1n) is 10.4. The Kier molecular flexibility index (Phi) is 6.30. The van der Waals surface area contributed by atoms with Crippen molar-refractivity contribution in [3.8, 4) is 0 Å². The standard InChI is InChI=1S/C22H28N8O/c1-23-22(29-12-13-30(21(31)17-29)19-14-26-27(2)16-19)25-15-20-24-9-11-28(20)10-8-18-6-4-3-5-7-18/h3-7,9,11,14,16H,8,10,12-13,15,17H2,1-2H3,(H,23,25). The summed E-state index contributed by atoms with van der Waals surface area (Å²) >= 11 is 0. The zero-order valence-corrected chi connectivity index (χ0v) is 18.0. The summed E-state index contributed by atoms with van der Waals surface area (Å²) in [6.45, 7) is 2.98. The van der Waals surface area contributed by atoms with Crippen molar-refractivity contribution in [2.24, 2.45) is 12.0 Å². The van der Waals surface area contributed by atoms with Gasteiger partial charge in [-0.3, -0.25) is 14.5 Å². The Morgan fingerprint density at radius 1 is 1.23 bits per heavy atom. The quantitative estimate of drug-likeness (QED) is 0.480. The zero-order valence-electron chi connectivity index (χ0n) is 18.0. The number of carbonyl (C=O) groups is 1. The molecule has 9 heteroatoms. The first kappa shape index (κ1) is 20.6. The van der Waals surface area contributed by atoms with Gasteiger partial charge in [-0.1, -0.05) is 30.3 Å². The molecule has 0 unspecified atom stereocenters. The number of imidazole rings is 1. The van der Waals surface area contributed by atoms with Gasteiger partial charge in [-0.15, -0.1) is 0 Å². The molecule has 1 saturated heterocycles. The highest BCUT2D eigenvalue weighted by molar-refractivity contribution is 5.98. The number of carbonyl (C=O) groups excluding carboxylic acids is 1. The van der Waals surface area contributed by atoms with E-state index in [0.29, 0.717) is 25.6 Å². The van der Waals surface area contributed by atoms with Crippen LogP contribution in [0.3, 0.4) is 0 Å². The van der Waals surface area contributed by atoms with Gasteiger partial charge in [-0.2, -0.15) is 5.10 Å². The van der Waals surface area contributed by atoms with Crippen molar-refractivity contribution in [1.29, 1.82) is 0 Å². The van der Waals surface area contributed by atoms with Crippen molar-refractivity contribution in [3.05, 3.63) is 66.5 Å². The first-order valence-corrected chi connectivity index (χ1v) is 10.4. The molecule has 1 aliphatic heterocycles. The van der Waals surface area contributed by atoms with Crippen molar-refractivity contribution in [2.45, 2.75) is 19.5 Å². The molecule has 0 aliphatic carbocycles. The molecule has 1 fully saturated rings. The monoisotopic (exact) mass is 420 g/mol. The van der Waals surface area contributed by atoms with E-state index >= 15 is 0 Å². The molecule has 3 aromatic rings. The van der Waals surface area contributed by atoms with Gasteiger partial charge in [-0.25, -0.2) is 4.98 Å². The fourth-order valence-electron chi connectivity index (χ4n) is 3.77. The smallest absolute Gasteiger partial charge is 0.246 e. The number of hydrogen-bond acceptors (Lipinski definition) is 4. The lowest BCUT2D eigenvalue weighted by molar-refractivity contribution is -0.120. The van der Waals surface area contributed by atoms with Gasteiger partial charge in [-0.05, 0) is 12.0 Å². The summed E-state index contributed by atoms with van der Waals surface area (Å²) in [5, 5.41) is 7.53. The minimum Gasteiger partial charge on any atom is -0.349 e. The fraction of sp³-hybridized carbons (Fsp3) is 0.364. The highest BCUT2D eigenvalue weighted by Gasteiger charge is 2.27. The van der Waals surface area contributed by atoms with Crippen LogP contribution in [-0.4, -0.2) is 62.8 Å². The van der Waals surface area contributed by atoms with E-state index in [-0.39, 0.29) is 12.5 Å². The average Bonchev–Trinajstić information content (AvgIpc) is 3.42. The summed E-state index contributed by atoms with van der Waals surface area (Å²) in [7, 11) is 3.59. The molecule has 162 valence electrons. The molecular formula is C22H28N8O. The first-order chi connectivity index (χ1) is 15.1. The molecule has 0 saturated carbocycles. The Labute approximate surface area is 182 Å². The van der Waals surface area contributed by atoms with Crippen LogP contribution in [0.1, 0.15) is 11.4 Å². The number of hydrogen-bond donors (Lipinski definition) is 1. The second-order valence-corrected chi connectivity index (χ2v) is 7.51. The van der Waals surface area contributed by atoms with E-state index in [1.54, 1.807) is 22.8 Å². The van der Waals surface area contributed by atoms with Crippen LogP contribution in [0, 0.1) is 0 Å². The second kappa shape index (κ2) is 9.46. The maximum absolute atomic E-state index is 12.7. The number of aliphatic imine (C=N–C) groups is 1. The van der Waals surface area contributed by atoms with E-state index in [0.717, 1.165) is 24.5 Å². The van der Waals surface area contributed by atoms with Crippen molar-refractivity contribution < 1.29 is 4.79 Å². The molecule has 31 heavy (non-hydrogen) atoms. The molecular weight excluding hydrogens is 392 g/mol. The van der Waals surface area contributed by atoms with Crippen LogP contribution in [0.5, 0.6) is 0 Å². The van der Waals surface area contributed by atoms with E-state index in [1.807, 2.05) is 36.6 Å². The lowest BCUT2D eigenvalue weighted by atomic mass is 10.1. The van der Waals surface area contributed by atoms with Crippen molar-refractivity contribution in [3.63, 3.8) is 0 Å². The Balaban J connectivity index is 1.32. The van der Waals surface area contributed by atoms with Gasteiger partial charge in [0.1, 0.15) is 12.4 Å². The number of aryl methyl sites for hydroxylation is 3. The number of amides is 1. The summed E-state index contributed by atoms with van der Waals surface area (Å²) in [6.07, 6.45) is 8.34. The van der Waals surface area contributed by atoms with Crippen molar-refractivity contribution >= 4 is 17.6 Å². The minimum absolute atomic E-state index is 0.0339. The lowest BCUT2D eigenvalue weighted by Gasteiger charge is -2.35. The maximum atomic E-state index is 12.7. The normalized spacial score (nSPS) is 14.9. The average molecular weight is 421 g/mol. The van der Waals surface area contributed by atoms with Gasteiger partial charge < -0.3 is 19.7 Å². The highest BCUT2D eigenvalue weighted by atomic mass is 16.2. The molecule has 0 atom stereocenters. The number of nitrogens with zero attached hydrogens (tertiary/aromatic N) is 7. The number of anilines is 1. The van der Waals surface area contributed by atoms with Crippen LogP contribution >= 0.6 is 0 Å². The second-order valence-electron chi connectivity index (χ2n) is 7.51. The predicted octanol–water partition coefficient (Wildman–Crippen LogP) is 1.28.